The van der Waals surface area contributed by atoms with Gasteiger partial charge in [-0.3, -0.25) is 0 Å². The Morgan fingerprint density at radius 1 is 0.310 bits per heavy atom. The summed E-state index contributed by atoms with van der Waals surface area (Å²) >= 11 is 0. The fraction of sp³-hybridized carbons (Fsp3) is 0. The fourth-order valence-corrected chi connectivity index (χ4v) is 7.95. The Morgan fingerprint density at radius 2 is 0.724 bits per heavy atom. The molecule has 0 bridgehead atoms. The first-order chi connectivity index (χ1) is 14.4. The van der Waals surface area contributed by atoms with Gasteiger partial charge in [0, 0.05) is 19.6 Å². The molecule has 0 atom stereocenters. The summed E-state index contributed by atoms with van der Waals surface area (Å²) in [6.07, 6.45) is 0. The predicted molar refractivity (Wildman–Crippen MR) is 124 cm³/mol. The van der Waals surface area contributed by atoms with Crippen LogP contribution in [0.15, 0.2) is 153 Å². The highest BCUT2D eigenvalue weighted by atomic mass is 32.3. The summed E-state index contributed by atoms with van der Waals surface area (Å²) < 4.78 is 0. The van der Waals surface area contributed by atoms with E-state index in [-0.39, 0.29) is 0 Å². The lowest BCUT2D eigenvalue weighted by molar-refractivity contribution is 1.25. The fourth-order valence-electron chi connectivity index (χ4n) is 4.05. The molecule has 0 aromatic heterocycles. The zero-order chi connectivity index (χ0) is 19.5. The van der Waals surface area contributed by atoms with Crippen molar-refractivity contribution in [2.24, 2.45) is 0 Å². The van der Waals surface area contributed by atoms with Crippen LogP contribution in [0.25, 0.3) is 10.8 Å². The van der Waals surface area contributed by atoms with Gasteiger partial charge in [-0.05, 0) is 59.3 Å². The van der Waals surface area contributed by atoms with Crippen molar-refractivity contribution in [2.45, 2.75) is 19.6 Å². The lowest BCUT2D eigenvalue weighted by Crippen LogP contribution is -2.05. The average Bonchev–Trinajstić information content (AvgIpc) is 2.82. The van der Waals surface area contributed by atoms with Crippen LogP contribution in [0, 0.1) is 0 Å². The Morgan fingerprint density at radius 3 is 1.21 bits per heavy atom. The maximum absolute atomic E-state index is 2.39. The molecule has 0 nitrogen and oxygen atoms in total. The lowest BCUT2D eigenvalue weighted by atomic mass is 10.1. The van der Waals surface area contributed by atoms with E-state index in [4.69, 9.17) is 0 Å². The largest absolute Gasteiger partial charge is 0.133 e. The predicted octanol–water partition coefficient (Wildman–Crippen LogP) is 8.18. The SMILES string of the molecule is c1ccc(S(c2ccccc2)(c2ccccc2)c2ccc3ccccc3c2)cc1. The van der Waals surface area contributed by atoms with Crippen LogP contribution in [0.1, 0.15) is 0 Å². The minimum Gasteiger partial charge on any atom is -0.133 e. The zero-order valence-corrected chi connectivity index (χ0v) is 16.9. The Labute approximate surface area is 173 Å². The van der Waals surface area contributed by atoms with Crippen LogP contribution >= 0.6 is 10.0 Å². The Balaban J connectivity index is 1.92. The highest BCUT2D eigenvalue weighted by Crippen LogP contribution is 2.73. The van der Waals surface area contributed by atoms with Gasteiger partial charge in [0.25, 0.3) is 0 Å². The minimum absolute atomic E-state index is 1.28. The molecule has 5 rings (SSSR count). The van der Waals surface area contributed by atoms with Crippen molar-refractivity contribution in [2.75, 3.05) is 0 Å². The van der Waals surface area contributed by atoms with Crippen molar-refractivity contribution >= 4 is 20.8 Å². The van der Waals surface area contributed by atoms with Crippen LogP contribution in [-0.2, 0) is 0 Å². The maximum Gasteiger partial charge on any atom is 0.00293 e. The van der Waals surface area contributed by atoms with Crippen LogP contribution in [0.3, 0.4) is 0 Å². The first kappa shape index (κ1) is 17.8. The molecule has 0 unspecified atom stereocenters. The third kappa shape index (κ3) is 3.04. The number of hydrogen-bond acceptors (Lipinski definition) is 0. The molecule has 0 amide bonds. The van der Waals surface area contributed by atoms with Crippen LogP contribution in [0.5, 0.6) is 0 Å². The molecule has 0 spiro atoms. The number of hydrogen-bond donors (Lipinski definition) is 0. The molecule has 29 heavy (non-hydrogen) atoms. The van der Waals surface area contributed by atoms with Gasteiger partial charge in [0.15, 0.2) is 0 Å². The van der Waals surface area contributed by atoms with Gasteiger partial charge in [0.1, 0.15) is 0 Å². The molecule has 0 heterocycles. The van der Waals surface area contributed by atoms with Gasteiger partial charge >= 0.3 is 0 Å². The molecule has 0 fully saturated rings. The molecule has 0 aliphatic carbocycles. The number of fused-ring (bicyclic) bond motifs is 1. The molecule has 0 aliphatic rings. The third-order valence-electron chi connectivity index (χ3n) is 5.36. The van der Waals surface area contributed by atoms with E-state index < -0.39 is 10.0 Å². The molecule has 0 radical (unpaired) electrons. The van der Waals surface area contributed by atoms with Gasteiger partial charge in [-0.2, -0.15) is 0 Å². The molecule has 1 heteroatoms. The van der Waals surface area contributed by atoms with Gasteiger partial charge in [-0.15, -0.1) is 10.0 Å². The summed E-state index contributed by atoms with van der Waals surface area (Å²) in [5.41, 5.74) is 0. The molecule has 0 saturated heterocycles. The van der Waals surface area contributed by atoms with Gasteiger partial charge in [-0.25, -0.2) is 0 Å². The quantitative estimate of drug-likeness (QED) is 0.290. The maximum atomic E-state index is 2.39. The third-order valence-corrected chi connectivity index (χ3v) is 9.26. The Hall–Kier alpha value is -3.29. The van der Waals surface area contributed by atoms with E-state index in [1.54, 1.807) is 0 Å². The first-order valence-electron chi connectivity index (χ1n) is 9.86. The van der Waals surface area contributed by atoms with Gasteiger partial charge < -0.3 is 0 Å². The summed E-state index contributed by atoms with van der Waals surface area (Å²) in [7, 11) is -1.60. The highest BCUT2D eigenvalue weighted by Gasteiger charge is 2.33. The second-order valence-electron chi connectivity index (χ2n) is 7.06. The van der Waals surface area contributed by atoms with E-state index in [1.165, 1.54) is 30.4 Å². The van der Waals surface area contributed by atoms with Crippen molar-refractivity contribution in [3.05, 3.63) is 133 Å². The van der Waals surface area contributed by atoms with Crippen molar-refractivity contribution in [3.8, 4) is 0 Å². The lowest BCUT2D eigenvalue weighted by Gasteiger charge is -2.42. The van der Waals surface area contributed by atoms with E-state index in [0.29, 0.717) is 0 Å². The first-order valence-corrected chi connectivity index (χ1v) is 11.5. The summed E-state index contributed by atoms with van der Waals surface area (Å²) in [5, 5.41) is 2.56. The number of rotatable bonds is 4. The summed E-state index contributed by atoms with van der Waals surface area (Å²) in [5.74, 6) is 0. The van der Waals surface area contributed by atoms with Crippen molar-refractivity contribution in [1.29, 1.82) is 0 Å². The molecule has 5 aromatic rings. The molecule has 0 saturated carbocycles. The van der Waals surface area contributed by atoms with Crippen molar-refractivity contribution in [1.82, 2.24) is 0 Å². The standard InChI is InChI=1S/C28H22S/c1-4-14-25(15-5-1)29(26-16-6-2-7-17-26,27-18-8-3-9-19-27)28-21-20-23-12-10-11-13-24(23)22-28/h1-22H. The summed E-state index contributed by atoms with van der Waals surface area (Å²) in [4.78, 5) is 5.42. The second kappa shape index (κ2) is 7.62. The second-order valence-corrected chi connectivity index (χ2v) is 10.2. The van der Waals surface area contributed by atoms with Gasteiger partial charge in [0.2, 0.25) is 0 Å². The molecular weight excluding hydrogens is 368 g/mol. The monoisotopic (exact) mass is 390 g/mol. The van der Waals surface area contributed by atoms with Crippen molar-refractivity contribution in [3.63, 3.8) is 0 Å². The molecule has 0 N–H and O–H groups in total. The van der Waals surface area contributed by atoms with Crippen LogP contribution < -0.4 is 0 Å². The summed E-state index contributed by atoms with van der Waals surface area (Å²) in [6, 6.07) is 48.5. The molecular formula is C28H22S. The molecule has 140 valence electrons. The topological polar surface area (TPSA) is 0 Å². The van der Waals surface area contributed by atoms with Gasteiger partial charge in [0.05, 0.1) is 0 Å². The van der Waals surface area contributed by atoms with Gasteiger partial charge in [-0.1, -0.05) is 84.9 Å². The Bertz CT molecular complexity index is 1130. The smallest absolute Gasteiger partial charge is 0.00293 e. The van der Waals surface area contributed by atoms with Crippen LogP contribution in [-0.4, -0.2) is 0 Å². The van der Waals surface area contributed by atoms with E-state index >= 15 is 0 Å². The average molecular weight is 391 g/mol. The van der Waals surface area contributed by atoms with E-state index in [2.05, 4.69) is 133 Å². The van der Waals surface area contributed by atoms with Crippen LogP contribution in [0.2, 0.25) is 0 Å². The zero-order valence-electron chi connectivity index (χ0n) is 16.1. The number of benzene rings is 5. The summed E-state index contributed by atoms with van der Waals surface area (Å²) in [6.45, 7) is 0. The van der Waals surface area contributed by atoms with Crippen LogP contribution in [0.4, 0.5) is 0 Å². The molecule has 0 aliphatic heterocycles. The van der Waals surface area contributed by atoms with E-state index in [1.807, 2.05) is 0 Å². The van der Waals surface area contributed by atoms with Crippen molar-refractivity contribution < 1.29 is 0 Å². The minimum atomic E-state index is -1.60. The van der Waals surface area contributed by atoms with E-state index in [0.717, 1.165) is 0 Å². The molecule has 5 aromatic carbocycles. The highest BCUT2D eigenvalue weighted by molar-refractivity contribution is 8.34. The van der Waals surface area contributed by atoms with E-state index in [9.17, 15) is 0 Å². The normalized spacial score (nSPS) is 12.0. The Kier molecular flexibility index (Phi) is 4.67.